The van der Waals surface area contributed by atoms with Crippen LogP contribution in [-0.2, 0) is 24.2 Å². The fraction of sp³-hybridized carbons (Fsp3) is 0.300. The van der Waals surface area contributed by atoms with Gasteiger partial charge in [-0.15, -0.1) is 0 Å². The molecule has 2 aromatic carbocycles. The first-order chi connectivity index (χ1) is 11.7. The molecule has 0 atom stereocenters. The number of aryl methyl sites for hydroxylation is 2. The molecule has 0 N–H and O–H groups in total. The average Bonchev–Trinajstić information content (AvgIpc) is 2.98. The maximum Gasteiger partial charge on any atom is 0.223 e. The van der Waals surface area contributed by atoms with Gasteiger partial charge in [0.25, 0.3) is 0 Å². The van der Waals surface area contributed by atoms with Gasteiger partial charge >= 0.3 is 0 Å². The fourth-order valence-electron chi connectivity index (χ4n) is 3.36. The van der Waals surface area contributed by atoms with Crippen molar-refractivity contribution in [2.45, 2.75) is 32.7 Å². The minimum atomic E-state index is 0.223. The summed E-state index contributed by atoms with van der Waals surface area (Å²) in [5, 5.41) is 0. The van der Waals surface area contributed by atoms with Crippen LogP contribution in [0.4, 0.5) is 0 Å². The van der Waals surface area contributed by atoms with Crippen molar-refractivity contribution in [2.75, 3.05) is 6.54 Å². The van der Waals surface area contributed by atoms with Crippen molar-refractivity contribution in [3.8, 4) is 0 Å². The Morgan fingerprint density at radius 2 is 2.04 bits per heavy atom. The molecule has 0 spiro atoms. The highest BCUT2D eigenvalue weighted by molar-refractivity contribution is 5.77. The minimum Gasteiger partial charge on any atom is -0.441 e. The predicted molar refractivity (Wildman–Crippen MR) is 92.6 cm³/mol. The van der Waals surface area contributed by atoms with Crippen LogP contribution in [-0.4, -0.2) is 22.3 Å². The Labute approximate surface area is 141 Å². The first kappa shape index (κ1) is 14.9. The molecule has 4 rings (SSSR count). The van der Waals surface area contributed by atoms with Gasteiger partial charge in [-0.1, -0.05) is 30.3 Å². The van der Waals surface area contributed by atoms with Crippen molar-refractivity contribution in [1.29, 1.82) is 0 Å². The predicted octanol–water partition coefficient (Wildman–Crippen LogP) is 3.65. The Bertz CT molecular complexity index is 898. The molecule has 1 aliphatic heterocycles. The van der Waals surface area contributed by atoms with E-state index in [9.17, 15) is 4.79 Å². The van der Waals surface area contributed by atoms with E-state index in [-0.39, 0.29) is 5.91 Å². The molecule has 2 heterocycles. The van der Waals surface area contributed by atoms with Crippen LogP contribution in [0.15, 0.2) is 46.9 Å². The third-order valence-electron chi connectivity index (χ3n) is 4.67. The van der Waals surface area contributed by atoms with Crippen LogP contribution in [0, 0.1) is 6.92 Å². The molecule has 0 radical (unpaired) electrons. The first-order valence-electron chi connectivity index (χ1n) is 8.40. The van der Waals surface area contributed by atoms with Crippen LogP contribution in [0.5, 0.6) is 0 Å². The zero-order chi connectivity index (χ0) is 16.5. The summed E-state index contributed by atoms with van der Waals surface area (Å²) in [6, 6.07) is 14.4. The zero-order valence-electron chi connectivity index (χ0n) is 13.8. The number of rotatable bonds is 3. The summed E-state index contributed by atoms with van der Waals surface area (Å²) in [4.78, 5) is 18.9. The third-order valence-corrected chi connectivity index (χ3v) is 4.67. The Kier molecular flexibility index (Phi) is 3.81. The van der Waals surface area contributed by atoms with E-state index < -0.39 is 0 Å². The summed E-state index contributed by atoms with van der Waals surface area (Å²) >= 11 is 0. The number of benzene rings is 2. The Morgan fingerprint density at radius 3 is 2.92 bits per heavy atom. The first-order valence-corrected chi connectivity index (χ1v) is 8.40. The number of hydrogen-bond acceptors (Lipinski definition) is 3. The molecule has 0 bridgehead atoms. The van der Waals surface area contributed by atoms with Gasteiger partial charge in [-0.2, -0.15) is 0 Å². The Morgan fingerprint density at radius 1 is 1.21 bits per heavy atom. The molecule has 0 saturated carbocycles. The van der Waals surface area contributed by atoms with Crippen molar-refractivity contribution in [1.82, 2.24) is 9.88 Å². The number of aromatic nitrogens is 1. The molecule has 1 aliphatic rings. The normalized spacial score (nSPS) is 14.0. The lowest BCUT2D eigenvalue weighted by atomic mass is 9.99. The van der Waals surface area contributed by atoms with E-state index in [4.69, 9.17) is 4.42 Å². The fourth-order valence-corrected chi connectivity index (χ4v) is 3.36. The molecule has 4 heteroatoms. The third kappa shape index (κ3) is 2.92. The van der Waals surface area contributed by atoms with Gasteiger partial charge in [0.15, 0.2) is 11.5 Å². The van der Waals surface area contributed by atoms with E-state index in [1.54, 1.807) is 0 Å². The number of nitrogens with zero attached hydrogens (tertiary/aromatic N) is 2. The van der Waals surface area contributed by atoms with E-state index in [0.717, 1.165) is 42.6 Å². The summed E-state index contributed by atoms with van der Waals surface area (Å²) in [5.74, 6) is 0.895. The number of amides is 1. The number of carbonyl (C=O) groups is 1. The standard InChI is InChI=1S/C20H20N2O2/c1-14-21-18-12-15(6-8-19(18)24-14)7-9-20(23)22-11-10-16-4-2-3-5-17(16)13-22/h2-6,8,12H,7,9-11,13H2,1H3. The maximum atomic E-state index is 12.5. The average molecular weight is 320 g/mol. The summed E-state index contributed by atoms with van der Waals surface area (Å²) in [5.41, 5.74) is 5.44. The van der Waals surface area contributed by atoms with Gasteiger partial charge in [0, 0.05) is 26.4 Å². The second-order valence-electron chi connectivity index (χ2n) is 6.37. The quantitative estimate of drug-likeness (QED) is 0.740. The SMILES string of the molecule is Cc1nc2cc(CCC(=O)N3CCc4ccccc4C3)ccc2o1. The lowest BCUT2D eigenvalue weighted by Gasteiger charge is -2.29. The maximum absolute atomic E-state index is 12.5. The molecule has 0 fully saturated rings. The lowest BCUT2D eigenvalue weighted by molar-refractivity contribution is -0.132. The molecule has 1 aromatic heterocycles. The smallest absolute Gasteiger partial charge is 0.223 e. The highest BCUT2D eigenvalue weighted by Crippen LogP contribution is 2.21. The minimum absolute atomic E-state index is 0.223. The van der Waals surface area contributed by atoms with Crippen LogP contribution in [0.1, 0.15) is 29.0 Å². The second kappa shape index (κ2) is 6.11. The topological polar surface area (TPSA) is 46.3 Å². The van der Waals surface area contributed by atoms with Crippen LogP contribution in [0.2, 0.25) is 0 Å². The van der Waals surface area contributed by atoms with Crippen LogP contribution >= 0.6 is 0 Å². The van der Waals surface area contributed by atoms with Crippen LogP contribution < -0.4 is 0 Å². The highest BCUT2D eigenvalue weighted by Gasteiger charge is 2.20. The van der Waals surface area contributed by atoms with E-state index >= 15 is 0 Å². The summed E-state index contributed by atoms with van der Waals surface area (Å²) in [6.45, 7) is 3.39. The Balaban J connectivity index is 1.41. The molecule has 24 heavy (non-hydrogen) atoms. The number of fused-ring (bicyclic) bond motifs is 2. The summed E-state index contributed by atoms with van der Waals surface area (Å²) in [7, 11) is 0. The van der Waals surface area contributed by atoms with Gasteiger partial charge in [-0.05, 0) is 41.7 Å². The molecule has 1 amide bonds. The number of oxazole rings is 1. The largest absolute Gasteiger partial charge is 0.441 e. The van der Waals surface area contributed by atoms with Gasteiger partial charge in [0.1, 0.15) is 5.52 Å². The van der Waals surface area contributed by atoms with Gasteiger partial charge < -0.3 is 9.32 Å². The van der Waals surface area contributed by atoms with Crippen molar-refractivity contribution >= 4 is 17.0 Å². The summed E-state index contributed by atoms with van der Waals surface area (Å²) < 4.78 is 5.49. The monoisotopic (exact) mass is 320 g/mol. The molecular formula is C20H20N2O2. The van der Waals surface area contributed by atoms with Crippen molar-refractivity contribution in [3.63, 3.8) is 0 Å². The Hall–Kier alpha value is -2.62. The molecule has 0 unspecified atom stereocenters. The van der Waals surface area contributed by atoms with E-state index in [0.29, 0.717) is 12.3 Å². The van der Waals surface area contributed by atoms with Crippen LogP contribution in [0.3, 0.4) is 0 Å². The molecule has 0 aliphatic carbocycles. The van der Waals surface area contributed by atoms with Gasteiger partial charge in [0.2, 0.25) is 5.91 Å². The van der Waals surface area contributed by atoms with Crippen molar-refractivity contribution in [2.24, 2.45) is 0 Å². The molecule has 3 aromatic rings. The number of hydrogen-bond donors (Lipinski definition) is 0. The van der Waals surface area contributed by atoms with E-state index in [1.807, 2.05) is 36.1 Å². The van der Waals surface area contributed by atoms with E-state index in [1.165, 1.54) is 11.1 Å². The van der Waals surface area contributed by atoms with Crippen molar-refractivity contribution < 1.29 is 9.21 Å². The highest BCUT2D eigenvalue weighted by atomic mass is 16.3. The lowest BCUT2D eigenvalue weighted by Crippen LogP contribution is -2.36. The molecular weight excluding hydrogens is 300 g/mol. The van der Waals surface area contributed by atoms with Gasteiger partial charge in [-0.25, -0.2) is 4.98 Å². The molecule has 0 saturated heterocycles. The summed E-state index contributed by atoms with van der Waals surface area (Å²) in [6.07, 6.45) is 2.22. The van der Waals surface area contributed by atoms with Crippen LogP contribution in [0.25, 0.3) is 11.1 Å². The van der Waals surface area contributed by atoms with Gasteiger partial charge in [-0.3, -0.25) is 4.79 Å². The van der Waals surface area contributed by atoms with E-state index in [2.05, 4.69) is 23.2 Å². The molecule has 4 nitrogen and oxygen atoms in total. The zero-order valence-corrected chi connectivity index (χ0v) is 13.8. The van der Waals surface area contributed by atoms with Gasteiger partial charge in [0.05, 0.1) is 0 Å². The van der Waals surface area contributed by atoms with Crippen molar-refractivity contribution in [3.05, 3.63) is 65.0 Å². The molecule has 122 valence electrons. The number of carbonyl (C=O) groups excluding carboxylic acids is 1. The second-order valence-corrected chi connectivity index (χ2v) is 6.37.